The molecule has 7 nitrogen and oxygen atoms in total. The van der Waals surface area contributed by atoms with Gasteiger partial charge in [-0.05, 0) is 42.5 Å². The van der Waals surface area contributed by atoms with Gasteiger partial charge < -0.3 is 9.15 Å². The average molecular weight is 582 g/mol. The van der Waals surface area contributed by atoms with Crippen LogP contribution in [0.25, 0.3) is 28.5 Å². The largest absolute Gasteiger partial charge is 0.457 e. The van der Waals surface area contributed by atoms with Gasteiger partial charge >= 0.3 is 5.97 Å². The fourth-order valence-corrected chi connectivity index (χ4v) is 4.52. The van der Waals surface area contributed by atoms with Crippen LogP contribution in [0, 0.1) is 0 Å². The number of carbonyl (C=O) groups is 1. The molecule has 2 aromatic heterocycles. The minimum atomic E-state index is -0.484. The number of ether oxygens (including phenoxy) is 1. The molecule has 2 heterocycles. The van der Waals surface area contributed by atoms with Crippen LogP contribution >= 0.6 is 34.8 Å². The highest BCUT2D eigenvalue weighted by Gasteiger charge is 2.29. The second kappa shape index (κ2) is 10.8. The van der Waals surface area contributed by atoms with Gasteiger partial charge in [-0.15, -0.1) is 10.2 Å². The number of benzene rings is 3. The minimum Gasteiger partial charge on any atom is -0.457 e. The molecule has 39 heavy (non-hydrogen) atoms. The lowest BCUT2D eigenvalue weighted by molar-refractivity contribution is 0.0474. The second-order valence-corrected chi connectivity index (χ2v) is 11.1. The van der Waals surface area contributed by atoms with Crippen LogP contribution in [0.5, 0.6) is 0 Å². The van der Waals surface area contributed by atoms with E-state index in [9.17, 15) is 4.79 Å². The number of nitrogens with zero attached hydrogens (tertiary/aromatic N) is 4. The molecule has 0 saturated heterocycles. The zero-order valence-electron chi connectivity index (χ0n) is 21.3. The van der Waals surface area contributed by atoms with Crippen molar-refractivity contribution in [2.75, 3.05) is 0 Å². The van der Waals surface area contributed by atoms with Crippen LogP contribution in [0.2, 0.25) is 15.1 Å². The summed E-state index contributed by atoms with van der Waals surface area (Å²) >= 11 is 19.0. The highest BCUT2D eigenvalue weighted by atomic mass is 35.5. The predicted molar refractivity (Wildman–Crippen MR) is 152 cm³/mol. The summed E-state index contributed by atoms with van der Waals surface area (Å²) in [6, 6.07) is 21.1. The lowest BCUT2D eigenvalue weighted by atomic mass is 9.97. The normalized spacial score (nSPS) is 11.5. The van der Waals surface area contributed by atoms with Gasteiger partial charge in [-0.3, -0.25) is 0 Å². The molecule has 0 radical (unpaired) electrons. The van der Waals surface area contributed by atoms with E-state index in [1.165, 1.54) is 0 Å². The zero-order chi connectivity index (χ0) is 27.7. The van der Waals surface area contributed by atoms with Crippen molar-refractivity contribution in [2.24, 2.45) is 0 Å². The molecule has 0 unspecified atom stereocenters. The van der Waals surface area contributed by atoms with Crippen molar-refractivity contribution in [3.05, 3.63) is 105 Å². The Hall–Kier alpha value is -3.65. The van der Waals surface area contributed by atoms with Crippen molar-refractivity contribution in [3.8, 4) is 28.5 Å². The Morgan fingerprint density at radius 2 is 1.62 bits per heavy atom. The fraction of sp³-hybridized carbons (Fsp3) is 0.172. The van der Waals surface area contributed by atoms with Gasteiger partial charge in [0.25, 0.3) is 5.89 Å². The number of esters is 1. The van der Waals surface area contributed by atoms with Crippen LogP contribution < -0.4 is 0 Å². The van der Waals surface area contributed by atoms with E-state index in [4.69, 9.17) is 49.1 Å². The highest BCUT2D eigenvalue weighted by Crippen LogP contribution is 2.38. The SMILES string of the molecule is CC(C)(C)c1nnc(-c2nn(-c3ccc(Cl)cc3Cl)c(-c3ccc(Cl)cc3)c2COC(=O)c2ccccc2)o1. The van der Waals surface area contributed by atoms with Gasteiger partial charge in [0.05, 0.1) is 22.0 Å². The van der Waals surface area contributed by atoms with Gasteiger partial charge in [-0.25, -0.2) is 9.48 Å². The summed E-state index contributed by atoms with van der Waals surface area (Å²) in [5.41, 5.74) is 2.88. The van der Waals surface area contributed by atoms with Crippen molar-refractivity contribution in [1.29, 1.82) is 0 Å². The van der Waals surface area contributed by atoms with Crippen LogP contribution in [-0.2, 0) is 16.8 Å². The van der Waals surface area contributed by atoms with Crippen molar-refractivity contribution in [2.45, 2.75) is 32.8 Å². The third-order valence-electron chi connectivity index (χ3n) is 5.87. The maximum atomic E-state index is 12.9. The third-order valence-corrected chi connectivity index (χ3v) is 6.66. The topological polar surface area (TPSA) is 83.0 Å². The molecular weight excluding hydrogens is 559 g/mol. The maximum Gasteiger partial charge on any atom is 0.338 e. The zero-order valence-corrected chi connectivity index (χ0v) is 23.6. The van der Waals surface area contributed by atoms with Crippen LogP contribution in [-0.4, -0.2) is 25.9 Å². The van der Waals surface area contributed by atoms with Crippen LogP contribution in [0.1, 0.15) is 42.6 Å². The molecule has 0 aliphatic carbocycles. The Balaban J connectivity index is 1.72. The number of rotatable bonds is 6. The number of hydrogen-bond acceptors (Lipinski definition) is 6. The second-order valence-electron chi connectivity index (χ2n) is 9.79. The highest BCUT2D eigenvalue weighted by molar-refractivity contribution is 6.35. The first kappa shape index (κ1) is 26.9. The lowest BCUT2D eigenvalue weighted by Crippen LogP contribution is -2.11. The molecule has 0 atom stereocenters. The summed E-state index contributed by atoms with van der Waals surface area (Å²) in [5, 5.41) is 14.8. The molecule has 0 spiro atoms. The number of aromatic nitrogens is 4. The minimum absolute atomic E-state index is 0.126. The molecule has 5 aromatic rings. The van der Waals surface area contributed by atoms with Crippen molar-refractivity contribution in [1.82, 2.24) is 20.0 Å². The first-order valence-electron chi connectivity index (χ1n) is 12.0. The Kier molecular flexibility index (Phi) is 7.49. The summed E-state index contributed by atoms with van der Waals surface area (Å²) in [4.78, 5) is 12.9. The van der Waals surface area contributed by atoms with Gasteiger partial charge in [-0.2, -0.15) is 5.10 Å². The van der Waals surface area contributed by atoms with Crippen LogP contribution in [0.15, 0.2) is 77.2 Å². The number of halogens is 3. The third kappa shape index (κ3) is 5.71. The van der Waals surface area contributed by atoms with Gasteiger partial charge in [0.2, 0.25) is 5.89 Å². The molecule has 3 aromatic carbocycles. The first-order chi connectivity index (χ1) is 18.6. The quantitative estimate of drug-likeness (QED) is 0.188. The predicted octanol–water partition coefficient (Wildman–Crippen LogP) is 8.20. The lowest BCUT2D eigenvalue weighted by Gasteiger charge is -2.12. The van der Waals surface area contributed by atoms with Crippen molar-refractivity contribution < 1.29 is 13.9 Å². The molecule has 0 saturated carbocycles. The molecule has 0 amide bonds. The molecular formula is C29H23Cl3N4O3. The van der Waals surface area contributed by atoms with E-state index in [1.807, 2.05) is 39.0 Å². The molecule has 198 valence electrons. The standard InChI is InChI=1S/C29H23Cl3N4O3/c1-29(2,3)28-34-33-26(39-28)24-21(16-38-27(37)18-7-5-4-6-8-18)25(17-9-11-19(30)12-10-17)36(35-24)23-14-13-20(31)15-22(23)32/h4-15H,16H2,1-3H3. The van der Waals surface area contributed by atoms with E-state index in [0.29, 0.717) is 49.2 Å². The van der Waals surface area contributed by atoms with Gasteiger partial charge in [0.1, 0.15) is 6.61 Å². The van der Waals surface area contributed by atoms with Gasteiger partial charge in [0, 0.05) is 26.6 Å². The molecule has 0 N–H and O–H groups in total. The fourth-order valence-electron chi connectivity index (χ4n) is 3.91. The number of carbonyl (C=O) groups excluding carboxylic acids is 1. The van der Waals surface area contributed by atoms with E-state index in [0.717, 1.165) is 5.56 Å². The smallest absolute Gasteiger partial charge is 0.338 e. The van der Waals surface area contributed by atoms with E-state index in [1.54, 1.807) is 59.3 Å². The Morgan fingerprint density at radius 1 is 0.923 bits per heavy atom. The van der Waals surface area contributed by atoms with E-state index < -0.39 is 5.97 Å². The average Bonchev–Trinajstić information content (AvgIpc) is 3.54. The summed E-state index contributed by atoms with van der Waals surface area (Å²) in [6.45, 7) is 5.79. The van der Waals surface area contributed by atoms with Crippen molar-refractivity contribution in [3.63, 3.8) is 0 Å². The van der Waals surface area contributed by atoms with Crippen LogP contribution in [0.3, 0.4) is 0 Å². The van der Waals surface area contributed by atoms with Gasteiger partial charge in [-0.1, -0.05) is 85.9 Å². The summed E-state index contributed by atoms with van der Waals surface area (Å²) in [5.74, 6) is 0.142. The molecule has 5 rings (SSSR count). The molecule has 0 bridgehead atoms. The Morgan fingerprint density at radius 3 is 2.26 bits per heavy atom. The van der Waals surface area contributed by atoms with E-state index >= 15 is 0 Å². The first-order valence-corrected chi connectivity index (χ1v) is 13.1. The van der Waals surface area contributed by atoms with Crippen molar-refractivity contribution >= 4 is 40.8 Å². The maximum absolute atomic E-state index is 12.9. The summed E-state index contributed by atoms with van der Waals surface area (Å²) < 4.78 is 13.5. The van der Waals surface area contributed by atoms with Gasteiger partial charge in [0.15, 0.2) is 5.69 Å². The Labute approximate surface area is 240 Å². The molecule has 0 aliphatic rings. The molecule has 10 heteroatoms. The van der Waals surface area contributed by atoms with Crippen LogP contribution in [0.4, 0.5) is 0 Å². The Bertz CT molecular complexity index is 1640. The number of hydrogen-bond donors (Lipinski definition) is 0. The van der Waals surface area contributed by atoms with E-state index in [-0.39, 0.29) is 17.9 Å². The summed E-state index contributed by atoms with van der Waals surface area (Å²) in [6.07, 6.45) is 0. The van der Waals surface area contributed by atoms with E-state index in [2.05, 4.69) is 10.2 Å². The molecule has 0 aliphatic heterocycles. The molecule has 0 fully saturated rings. The summed E-state index contributed by atoms with van der Waals surface area (Å²) in [7, 11) is 0. The monoisotopic (exact) mass is 580 g/mol.